The number of nitrogens with zero attached hydrogens (tertiary/aromatic N) is 2. The fourth-order valence-corrected chi connectivity index (χ4v) is 4.13. The molecule has 3 aromatic rings. The molecule has 0 saturated carbocycles. The van der Waals surface area contributed by atoms with Gasteiger partial charge in [-0.15, -0.1) is 11.3 Å². The van der Waals surface area contributed by atoms with Crippen LogP contribution in [0.2, 0.25) is 0 Å². The lowest BCUT2D eigenvalue weighted by molar-refractivity contribution is -0.131. The number of methoxy groups -OCH3 is 1. The van der Waals surface area contributed by atoms with E-state index in [9.17, 15) is 4.79 Å². The Morgan fingerprint density at radius 1 is 1.21 bits per heavy atom. The van der Waals surface area contributed by atoms with Crippen LogP contribution >= 0.6 is 23.1 Å². The molecule has 124 valence electrons. The molecular formula is C17H16N2O3S2. The van der Waals surface area contributed by atoms with Crippen molar-refractivity contribution in [3.8, 4) is 11.5 Å². The molecule has 3 rings (SSSR count). The van der Waals surface area contributed by atoms with E-state index in [0.717, 1.165) is 20.8 Å². The van der Waals surface area contributed by atoms with Crippen LogP contribution in [0.5, 0.6) is 11.5 Å². The number of hydrogen-bond acceptors (Lipinski definition) is 7. The monoisotopic (exact) mass is 360 g/mol. The van der Waals surface area contributed by atoms with Gasteiger partial charge < -0.3 is 9.47 Å². The summed E-state index contributed by atoms with van der Waals surface area (Å²) in [6, 6.07) is 7.08. The van der Waals surface area contributed by atoms with Gasteiger partial charge in [-0.1, -0.05) is 23.9 Å². The first kappa shape index (κ1) is 16.7. The van der Waals surface area contributed by atoms with Gasteiger partial charge in [0, 0.05) is 10.3 Å². The molecule has 0 aliphatic carbocycles. The third kappa shape index (κ3) is 3.37. The highest BCUT2D eigenvalue weighted by Crippen LogP contribution is 2.34. The molecule has 0 unspecified atom stereocenters. The Morgan fingerprint density at radius 2 is 1.96 bits per heavy atom. The molecule has 0 spiro atoms. The fourth-order valence-electron chi connectivity index (χ4n) is 2.24. The van der Waals surface area contributed by atoms with Gasteiger partial charge in [-0.2, -0.15) is 0 Å². The van der Waals surface area contributed by atoms with Crippen molar-refractivity contribution >= 4 is 39.3 Å². The molecule has 0 N–H and O–H groups in total. The molecule has 0 bridgehead atoms. The lowest BCUT2D eigenvalue weighted by atomic mass is 10.2. The zero-order valence-electron chi connectivity index (χ0n) is 13.5. The lowest BCUT2D eigenvalue weighted by Crippen LogP contribution is -2.11. The normalized spacial score (nSPS) is 10.8. The summed E-state index contributed by atoms with van der Waals surface area (Å²) in [5.74, 6) is 0.768. The Morgan fingerprint density at radius 3 is 2.71 bits per heavy atom. The van der Waals surface area contributed by atoms with Gasteiger partial charge in [-0.05, 0) is 31.5 Å². The quantitative estimate of drug-likeness (QED) is 0.296. The largest absolute Gasteiger partial charge is 0.493 e. The van der Waals surface area contributed by atoms with Crippen LogP contribution in [0, 0.1) is 13.8 Å². The van der Waals surface area contributed by atoms with Gasteiger partial charge in [0.05, 0.1) is 12.9 Å². The highest BCUT2D eigenvalue weighted by molar-refractivity contribution is 8.00. The van der Waals surface area contributed by atoms with Crippen molar-refractivity contribution in [2.45, 2.75) is 18.9 Å². The Hall–Kier alpha value is -2.12. The number of rotatable bonds is 5. The molecular weight excluding hydrogens is 344 g/mol. The maximum absolute atomic E-state index is 12.1. The van der Waals surface area contributed by atoms with E-state index in [1.165, 1.54) is 23.0 Å². The van der Waals surface area contributed by atoms with Crippen LogP contribution in [0.3, 0.4) is 0 Å². The molecule has 0 radical (unpaired) electrons. The van der Waals surface area contributed by atoms with Crippen LogP contribution in [0.15, 0.2) is 35.6 Å². The standard InChI is InChI=1S/C17H16N2O3S2/c1-10-11(2)24-17-15(10)16(18-9-19-17)23-8-14(20)22-13-7-5-4-6-12(13)21-3/h4-7,9H,8H2,1-3H3. The minimum absolute atomic E-state index is 0.165. The van der Waals surface area contributed by atoms with Gasteiger partial charge in [-0.3, -0.25) is 4.79 Å². The van der Waals surface area contributed by atoms with Crippen molar-refractivity contribution in [3.63, 3.8) is 0 Å². The number of hydrogen-bond donors (Lipinski definition) is 0. The van der Waals surface area contributed by atoms with Crippen molar-refractivity contribution in [1.29, 1.82) is 0 Å². The molecule has 2 heterocycles. The number of benzene rings is 1. The summed E-state index contributed by atoms with van der Waals surface area (Å²) >= 11 is 3.00. The van der Waals surface area contributed by atoms with Gasteiger partial charge in [0.25, 0.3) is 0 Å². The Bertz CT molecular complexity index is 893. The summed E-state index contributed by atoms with van der Waals surface area (Å²) in [6.45, 7) is 4.11. The number of carbonyl (C=O) groups is 1. The van der Waals surface area contributed by atoms with E-state index >= 15 is 0 Å². The van der Waals surface area contributed by atoms with Crippen molar-refractivity contribution in [2.75, 3.05) is 12.9 Å². The number of carbonyl (C=O) groups excluding carboxylic acids is 1. The Balaban J connectivity index is 1.73. The smallest absolute Gasteiger partial charge is 0.321 e. The number of fused-ring (bicyclic) bond motifs is 1. The van der Waals surface area contributed by atoms with Gasteiger partial charge in [-0.25, -0.2) is 9.97 Å². The van der Waals surface area contributed by atoms with Crippen LogP contribution in [-0.4, -0.2) is 28.8 Å². The summed E-state index contributed by atoms with van der Waals surface area (Å²) in [5, 5.41) is 1.83. The van der Waals surface area contributed by atoms with Crippen LogP contribution in [-0.2, 0) is 4.79 Å². The van der Waals surface area contributed by atoms with Crippen LogP contribution in [0.4, 0.5) is 0 Å². The van der Waals surface area contributed by atoms with E-state index in [1.54, 1.807) is 36.6 Å². The topological polar surface area (TPSA) is 61.3 Å². The third-order valence-electron chi connectivity index (χ3n) is 3.55. The third-order valence-corrected chi connectivity index (χ3v) is 5.63. The molecule has 7 heteroatoms. The minimum atomic E-state index is -0.346. The average molecular weight is 360 g/mol. The number of thioether (sulfide) groups is 1. The Kier molecular flexibility index (Phi) is 5.01. The number of para-hydroxylation sites is 2. The zero-order chi connectivity index (χ0) is 17.1. The molecule has 0 atom stereocenters. The maximum atomic E-state index is 12.1. The first-order valence-electron chi connectivity index (χ1n) is 7.27. The second-order valence-corrected chi connectivity index (χ2v) is 7.22. The first-order chi connectivity index (χ1) is 11.6. The van der Waals surface area contributed by atoms with E-state index in [0.29, 0.717) is 11.5 Å². The van der Waals surface area contributed by atoms with Gasteiger partial charge in [0.15, 0.2) is 11.5 Å². The van der Waals surface area contributed by atoms with E-state index in [1.807, 2.05) is 6.07 Å². The van der Waals surface area contributed by atoms with Crippen molar-refractivity contribution in [1.82, 2.24) is 9.97 Å². The van der Waals surface area contributed by atoms with Crippen LogP contribution < -0.4 is 9.47 Å². The SMILES string of the molecule is COc1ccccc1OC(=O)CSc1ncnc2sc(C)c(C)c12. The van der Waals surface area contributed by atoms with E-state index < -0.39 is 0 Å². The molecule has 1 aromatic carbocycles. The van der Waals surface area contributed by atoms with Gasteiger partial charge in [0.1, 0.15) is 16.2 Å². The molecule has 24 heavy (non-hydrogen) atoms. The Labute approximate surface area is 148 Å². The highest BCUT2D eigenvalue weighted by atomic mass is 32.2. The fraction of sp³-hybridized carbons (Fsp3) is 0.235. The summed E-state index contributed by atoms with van der Waals surface area (Å²) < 4.78 is 10.6. The highest BCUT2D eigenvalue weighted by Gasteiger charge is 2.15. The number of ether oxygens (including phenoxy) is 2. The zero-order valence-corrected chi connectivity index (χ0v) is 15.2. The predicted molar refractivity (Wildman–Crippen MR) is 96.2 cm³/mol. The number of aromatic nitrogens is 2. The van der Waals surface area contributed by atoms with Crippen molar-refractivity contribution < 1.29 is 14.3 Å². The summed E-state index contributed by atoms with van der Waals surface area (Å²) in [6.07, 6.45) is 1.53. The minimum Gasteiger partial charge on any atom is -0.493 e. The lowest BCUT2D eigenvalue weighted by Gasteiger charge is -2.08. The molecule has 5 nitrogen and oxygen atoms in total. The first-order valence-corrected chi connectivity index (χ1v) is 9.07. The number of aryl methyl sites for hydroxylation is 2. The van der Waals surface area contributed by atoms with E-state index in [4.69, 9.17) is 9.47 Å². The predicted octanol–water partition coefficient (Wildman–Crippen LogP) is 4.01. The molecule has 0 amide bonds. The van der Waals surface area contributed by atoms with Gasteiger partial charge >= 0.3 is 5.97 Å². The number of thiophene rings is 1. The van der Waals surface area contributed by atoms with Crippen molar-refractivity contribution in [2.24, 2.45) is 0 Å². The summed E-state index contributed by atoms with van der Waals surface area (Å²) in [7, 11) is 1.54. The molecule has 0 fully saturated rings. The van der Waals surface area contributed by atoms with Gasteiger partial charge in [0.2, 0.25) is 0 Å². The van der Waals surface area contributed by atoms with Crippen molar-refractivity contribution in [3.05, 3.63) is 41.0 Å². The maximum Gasteiger partial charge on any atom is 0.321 e. The summed E-state index contributed by atoms with van der Waals surface area (Å²) in [4.78, 5) is 22.9. The second kappa shape index (κ2) is 7.19. The van der Waals surface area contributed by atoms with E-state index in [-0.39, 0.29) is 11.7 Å². The van der Waals surface area contributed by atoms with Crippen LogP contribution in [0.25, 0.3) is 10.2 Å². The number of esters is 1. The summed E-state index contributed by atoms with van der Waals surface area (Å²) in [5.41, 5.74) is 1.16. The second-order valence-electron chi connectivity index (χ2n) is 5.06. The molecule has 2 aromatic heterocycles. The molecule has 0 aliphatic heterocycles. The average Bonchev–Trinajstić information content (AvgIpc) is 2.88. The van der Waals surface area contributed by atoms with Crippen LogP contribution in [0.1, 0.15) is 10.4 Å². The molecule has 0 saturated heterocycles. The van der Waals surface area contributed by atoms with E-state index in [2.05, 4.69) is 23.8 Å². The molecule has 0 aliphatic rings.